The van der Waals surface area contributed by atoms with Gasteiger partial charge in [-0.1, -0.05) is 0 Å². The van der Waals surface area contributed by atoms with Gasteiger partial charge in [0.25, 0.3) is 21.0 Å². The van der Waals surface area contributed by atoms with Crippen molar-refractivity contribution in [1.82, 2.24) is 0 Å². The van der Waals surface area contributed by atoms with Gasteiger partial charge < -0.3 is 9.11 Å². The Morgan fingerprint density at radius 1 is 0.923 bits per heavy atom. The average molecular weight is 317 g/mol. The van der Waals surface area contributed by atoms with Crippen LogP contribution < -0.4 is 0 Å². The second-order valence-corrected chi connectivity index (χ2v) is 5.01. The van der Waals surface area contributed by atoms with Gasteiger partial charge in [0, 0.05) is 0 Å². The quantitative estimate of drug-likeness (QED) is 0.358. The van der Waals surface area contributed by atoms with Gasteiger partial charge in [-0.15, -0.1) is 7.77 Å². The van der Waals surface area contributed by atoms with E-state index in [1.807, 2.05) is 0 Å². The summed E-state index contributed by atoms with van der Waals surface area (Å²) in [7, 11) is -1.06. The van der Waals surface area contributed by atoms with Crippen LogP contribution in [0.25, 0.3) is 0 Å². The van der Waals surface area contributed by atoms with E-state index < -0.39 is 38.0 Å². The summed E-state index contributed by atoms with van der Waals surface area (Å²) in [6, 6.07) is 0. The van der Waals surface area contributed by atoms with Crippen molar-refractivity contribution in [2.45, 2.75) is 0 Å². The van der Waals surface area contributed by atoms with Crippen LogP contribution in [0.2, 0.25) is 0 Å². The first-order chi connectivity index (χ1) is 5.41. The zero-order chi connectivity index (χ0) is 11.7. The molecule has 0 amide bonds. The predicted octanol–water partition coefficient (Wildman–Crippen LogP) is 0.209. The fraction of sp³-hybridized carbons (Fsp3) is 0. The molecule has 0 bridgehead atoms. The molecule has 13 heteroatoms. The third kappa shape index (κ3) is 1650. The number of hydrogen-bond donors (Lipinski definition) is 0. The first-order valence-electron chi connectivity index (χ1n) is 1.69. The fourth-order valence-electron chi connectivity index (χ4n) is 0. The van der Waals surface area contributed by atoms with E-state index in [0.717, 1.165) is 0 Å². The van der Waals surface area contributed by atoms with E-state index in [9.17, 15) is 7.77 Å². The molecule has 13 heavy (non-hydrogen) atoms. The van der Waals surface area contributed by atoms with Crippen molar-refractivity contribution in [3.05, 3.63) is 0 Å². The summed E-state index contributed by atoms with van der Waals surface area (Å²) in [6.45, 7) is 0. The van der Waals surface area contributed by atoms with Crippen LogP contribution in [0.15, 0.2) is 0 Å². The predicted molar refractivity (Wildman–Crippen MR) is 33.3 cm³/mol. The number of rotatable bonds is 0. The Morgan fingerprint density at radius 3 is 0.923 bits per heavy atom. The second kappa shape index (κ2) is 9.53. The van der Waals surface area contributed by atoms with E-state index in [2.05, 4.69) is 0 Å². The van der Waals surface area contributed by atoms with E-state index in [1.54, 1.807) is 0 Å². The van der Waals surface area contributed by atoms with E-state index in [-0.39, 0.29) is 0 Å². The summed E-state index contributed by atoms with van der Waals surface area (Å²) in [5.41, 5.74) is 0. The third-order valence-electron chi connectivity index (χ3n) is 0. The average Bonchev–Trinajstić information content (AvgIpc) is 1.52. The maximum atomic E-state index is 10.1. The minimum atomic E-state index is -5.42. The Labute approximate surface area is 90.0 Å². The van der Waals surface area contributed by atoms with E-state index >= 15 is 0 Å². The topological polar surface area (TPSA) is 114 Å². The van der Waals surface area contributed by atoms with E-state index in [1.165, 1.54) is 0 Å². The van der Waals surface area contributed by atoms with Crippen molar-refractivity contribution in [1.29, 1.82) is 0 Å². The fourth-order valence-corrected chi connectivity index (χ4v) is 0. The van der Waals surface area contributed by atoms with Crippen molar-refractivity contribution in [3.63, 3.8) is 0 Å². The molecule has 0 aromatic heterocycles. The van der Waals surface area contributed by atoms with Crippen LogP contribution in [0.4, 0.5) is 7.77 Å². The molecule has 0 unspecified atom stereocenters. The Bertz CT molecular complexity index is 236. The molecule has 0 spiro atoms. The molecular weight excluding hydrogens is 317 g/mol. The molecule has 0 aromatic rings. The van der Waals surface area contributed by atoms with Crippen LogP contribution in [-0.2, 0) is 38.0 Å². The Kier molecular flexibility index (Phi) is 14.3. The van der Waals surface area contributed by atoms with Gasteiger partial charge in [-0.2, -0.15) is 0 Å². The SMILES string of the molecule is O=S(=O)([O-])F.O=S(=O)([O-])F.[Cl][Ti+2][Cl]. The van der Waals surface area contributed by atoms with Gasteiger partial charge in [0.2, 0.25) is 0 Å². The molecule has 0 radical (unpaired) electrons. The molecule has 0 aliphatic carbocycles. The number of hydrogen-bond acceptors (Lipinski definition) is 6. The zero-order valence-corrected chi connectivity index (χ0v) is 9.98. The summed E-state index contributed by atoms with van der Waals surface area (Å²) >= 11 is -0.556. The van der Waals surface area contributed by atoms with Gasteiger partial charge in [-0.25, -0.2) is 16.8 Å². The van der Waals surface area contributed by atoms with Crippen molar-refractivity contribution < 1.29 is 50.7 Å². The van der Waals surface area contributed by atoms with Gasteiger partial charge in [-0.05, 0) is 0 Å². The van der Waals surface area contributed by atoms with Gasteiger partial charge in [-0.3, -0.25) is 0 Å². The van der Waals surface area contributed by atoms with Crippen molar-refractivity contribution in [2.75, 3.05) is 0 Å². The molecule has 0 atom stereocenters. The molecular formula is Cl2F2O6S2Ti. The third-order valence-corrected chi connectivity index (χ3v) is 0. The molecule has 0 rings (SSSR count). The first kappa shape index (κ1) is 19.5. The van der Waals surface area contributed by atoms with Crippen molar-refractivity contribution in [2.24, 2.45) is 0 Å². The van der Waals surface area contributed by atoms with Gasteiger partial charge in [0.15, 0.2) is 0 Å². The van der Waals surface area contributed by atoms with Crippen LogP contribution in [-0.4, -0.2) is 25.9 Å². The Morgan fingerprint density at radius 2 is 0.923 bits per heavy atom. The maximum absolute atomic E-state index is 10.1. The van der Waals surface area contributed by atoms with E-state index in [0.29, 0.717) is 0 Å². The molecule has 0 fully saturated rings. The summed E-state index contributed by atoms with van der Waals surface area (Å²) < 4.78 is 70.7. The second-order valence-electron chi connectivity index (χ2n) is 0.858. The monoisotopic (exact) mass is 316 g/mol. The molecule has 0 saturated carbocycles. The van der Waals surface area contributed by atoms with Crippen molar-refractivity contribution in [3.8, 4) is 0 Å². The van der Waals surface area contributed by atoms with Crippen LogP contribution in [0.3, 0.4) is 0 Å². The summed E-state index contributed by atoms with van der Waals surface area (Å²) in [5.74, 6) is 0. The van der Waals surface area contributed by atoms with Gasteiger partial charge >= 0.3 is 35.6 Å². The van der Waals surface area contributed by atoms with Gasteiger partial charge in [0.1, 0.15) is 0 Å². The molecule has 6 nitrogen and oxygen atoms in total. The molecule has 80 valence electrons. The summed E-state index contributed by atoms with van der Waals surface area (Å²) in [4.78, 5) is 0. The molecule has 0 aromatic carbocycles. The molecule has 0 saturated heterocycles. The Hall–Kier alpha value is 0.974. The van der Waals surface area contributed by atoms with Crippen molar-refractivity contribution >= 4 is 39.6 Å². The van der Waals surface area contributed by atoms with Crippen LogP contribution in [0, 0.1) is 0 Å². The number of halogens is 4. The minimum absolute atomic E-state index is 0.556. The van der Waals surface area contributed by atoms with Crippen LogP contribution >= 0.6 is 18.6 Å². The Balaban J connectivity index is -0.000000120. The van der Waals surface area contributed by atoms with Gasteiger partial charge in [0.05, 0.1) is 0 Å². The van der Waals surface area contributed by atoms with E-state index in [4.69, 9.17) is 44.6 Å². The molecule has 0 aliphatic rings. The summed E-state index contributed by atoms with van der Waals surface area (Å²) in [5, 5.41) is 0. The first-order valence-corrected chi connectivity index (χ1v) is 8.60. The molecule has 0 N–H and O–H groups in total. The zero-order valence-electron chi connectivity index (χ0n) is 5.28. The summed E-state index contributed by atoms with van der Waals surface area (Å²) in [6.07, 6.45) is 0. The standard InChI is InChI=1S/2ClH.2FHO3S.Ti/c;;2*1-5(2,3)4;/h2*1H;2*(H,2,3,4);/q;;;;+4/p-4. The van der Waals surface area contributed by atoms with Crippen LogP contribution in [0.5, 0.6) is 0 Å². The van der Waals surface area contributed by atoms with Crippen LogP contribution in [0.1, 0.15) is 0 Å². The molecule has 0 heterocycles. The molecule has 0 aliphatic heterocycles. The normalized spacial score (nSPS) is 9.69.